The molecule has 138 valence electrons. The van der Waals surface area contributed by atoms with Gasteiger partial charge in [0.15, 0.2) is 0 Å². The lowest BCUT2D eigenvalue weighted by Crippen LogP contribution is -2.38. The maximum atomic E-state index is 13.0. The molecule has 0 unspecified atom stereocenters. The number of carbonyl (C=O) groups is 1. The second kappa shape index (κ2) is 6.63. The number of nitrogens with zero attached hydrogens (tertiary/aromatic N) is 4. The molecule has 0 atom stereocenters. The van der Waals surface area contributed by atoms with Gasteiger partial charge < -0.3 is 14.5 Å². The van der Waals surface area contributed by atoms with Crippen molar-refractivity contribution in [2.75, 3.05) is 31.2 Å². The molecule has 2 aliphatic heterocycles. The van der Waals surface area contributed by atoms with Gasteiger partial charge in [0.25, 0.3) is 5.91 Å². The van der Waals surface area contributed by atoms with Crippen LogP contribution >= 0.6 is 11.3 Å². The van der Waals surface area contributed by atoms with Gasteiger partial charge in [-0.05, 0) is 39.3 Å². The summed E-state index contributed by atoms with van der Waals surface area (Å²) < 4.78 is 5.49. The van der Waals surface area contributed by atoms with Crippen LogP contribution in [-0.2, 0) is 11.3 Å². The Bertz CT molecular complexity index is 855. The van der Waals surface area contributed by atoms with Crippen molar-refractivity contribution in [1.29, 1.82) is 0 Å². The highest BCUT2D eigenvalue weighted by Crippen LogP contribution is 2.37. The Morgan fingerprint density at radius 2 is 1.92 bits per heavy atom. The van der Waals surface area contributed by atoms with Gasteiger partial charge in [-0.1, -0.05) is 0 Å². The van der Waals surface area contributed by atoms with E-state index in [1.165, 1.54) is 0 Å². The molecule has 2 aromatic heterocycles. The number of ether oxygens (including phenoxy) is 1. The minimum absolute atomic E-state index is 0.0905. The van der Waals surface area contributed by atoms with Crippen LogP contribution in [0, 0.1) is 13.8 Å². The zero-order valence-electron chi connectivity index (χ0n) is 15.7. The van der Waals surface area contributed by atoms with Gasteiger partial charge in [0, 0.05) is 25.7 Å². The second-order valence-corrected chi connectivity index (χ2v) is 8.34. The standard InChI is InChI=1S/C19H24N4O2S/c1-11(2)23-10-14-9-15(17-12(3)20-13(4)26-17)21-18(16(14)19(23)24)22-5-7-25-8-6-22/h9,11H,5-8,10H2,1-4H3. The SMILES string of the molecule is Cc1nc(C)c(-c2cc3c(c(N4CCOCC4)n2)C(=O)N(C(C)C)C3)s1. The van der Waals surface area contributed by atoms with Gasteiger partial charge in [0.05, 0.1) is 40.0 Å². The normalized spacial score (nSPS) is 17.3. The molecule has 26 heavy (non-hydrogen) atoms. The fourth-order valence-corrected chi connectivity index (χ4v) is 4.53. The Kier molecular flexibility index (Phi) is 4.44. The number of rotatable bonds is 3. The molecule has 0 N–H and O–H groups in total. The first-order valence-corrected chi connectivity index (χ1v) is 9.89. The number of carbonyl (C=O) groups excluding carboxylic acids is 1. The summed E-state index contributed by atoms with van der Waals surface area (Å²) in [5.41, 5.74) is 3.76. The number of pyridine rings is 1. The van der Waals surface area contributed by atoms with Crippen molar-refractivity contribution >= 4 is 23.1 Å². The number of amides is 1. The Morgan fingerprint density at radius 3 is 2.54 bits per heavy atom. The summed E-state index contributed by atoms with van der Waals surface area (Å²) in [5.74, 6) is 0.896. The average molecular weight is 372 g/mol. The summed E-state index contributed by atoms with van der Waals surface area (Å²) in [6.07, 6.45) is 0. The lowest BCUT2D eigenvalue weighted by Gasteiger charge is -2.29. The minimum Gasteiger partial charge on any atom is -0.378 e. The monoisotopic (exact) mass is 372 g/mol. The van der Waals surface area contributed by atoms with Crippen LogP contribution in [0.2, 0.25) is 0 Å². The largest absolute Gasteiger partial charge is 0.378 e. The lowest BCUT2D eigenvalue weighted by atomic mass is 10.1. The summed E-state index contributed by atoms with van der Waals surface area (Å²) in [7, 11) is 0. The molecule has 4 heterocycles. The number of fused-ring (bicyclic) bond motifs is 1. The van der Waals surface area contributed by atoms with Gasteiger partial charge in [0.2, 0.25) is 0 Å². The van der Waals surface area contributed by atoms with E-state index in [1.54, 1.807) is 11.3 Å². The Hall–Kier alpha value is -1.99. The Labute approximate surface area is 157 Å². The van der Waals surface area contributed by atoms with Gasteiger partial charge >= 0.3 is 0 Å². The van der Waals surface area contributed by atoms with Crippen LogP contribution in [-0.4, -0.2) is 53.1 Å². The van der Waals surface area contributed by atoms with E-state index in [1.807, 2.05) is 18.7 Å². The molecule has 2 aromatic rings. The number of thiazole rings is 1. The van der Waals surface area contributed by atoms with Crippen LogP contribution in [0.4, 0.5) is 5.82 Å². The summed E-state index contributed by atoms with van der Waals surface area (Å²) in [6, 6.07) is 2.25. The van der Waals surface area contributed by atoms with Crippen molar-refractivity contribution in [3.63, 3.8) is 0 Å². The predicted molar refractivity (Wildman–Crippen MR) is 103 cm³/mol. The quantitative estimate of drug-likeness (QED) is 0.829. The first kappa shape index (κ1) is 17.4. The third kappa shape index (κ3) is 2.89. The zero-order chi connectivity index (χ0) is 18.4. The Morgan fingerprint density at radius 1 is 1.19 bits per heavy atom. The van der Waals surface area contributed by atoms with Crippen molar-refractivity contribution in [2.24, 2.45) is 0 Å². The van der Waals surface area contributed by atoms with Crippen LogP contribution in [0.5, 0.6) is 0 Å². The molecule has 0 saturated carbocycles. The first-order chi connectivity index (χ1) is 12.5. The number of aromatic nitrogens is 2. The molecule has 2 aliphatic rings. The molecular weight excluding hydrogens is 348 g/mol. The van der Waals surface area contributed by atoms with E-state index in [4.69, 9.17) is 9.72 Å². The molecule has 7 heteroatoms. The van der Waals surface area contributed by atoms with Crippen molar-refractivity contribution in [1.82, 2.24) is 14.9 Å². The van der Waals surface area contributed by atoms with Crippen molar-refractivity contribution in [2.45, 2.75) is 40.3 Å². The maximum absolute atomic E-state index is 13.0. The fraction of sp³-hybridized carbons (Fsp3) is 0.526. The summed E-state index contributed by atoms with van der Waals surface area (Å²) in [6.45, 7) is 11.7. The van der Waals surface area contributed by atoms with E-state index >= 15 is 0 Å². The van der Waals surface area contributed by atoms with E-state index in [0.29, 0.717) is 19.8 Å². The molecule has 0 bridgehead atoms. The molecule has 0 spiro atoms. The van der Waals surface area contributed by atoms with E-state index in [0.717, 1.165) is 51.3 Å². The van der Waals surface area contributed by atoms with Crippen molar-refractivity contribution < 1.29 is 9.53 Å². The predicted octanol–water partition coefficient (Wildman–Crippen LogP) is 3.02. The minimum atomic E-state index is 0.0905. The average Bonchev–Trinajstić information content (AvgIpc) is 3.14. The molecule has 6 nitrogen and oxygen atoms in total. The van der Waals surface area contributed by atoms with Crippen LogP contribution in [0.3, 0.4) is 0 Å². The third-order valence-corrected chi connectivity index (χ3v) is 6.06. The summed E-state index contributed by atoms with van der Waals surface area (Å²) in [5, 5.41) is 1.03. The van der Waals surface area contributed by atoms with E-state index in [2.05, 4.69) is 29.8 Å². The van der Waals surface area contributed by atoms with Gasteiger partial charge in [-0.15, -0.1) is 11.3 Å². The van der Waals surface area contributed by atoms with Crippen molar-refractivity contribution in [3.05, 3.63) is 27.9 Å². The number of morpholine rings is 1. The molecule has 4 rings (SSSR count). The topological polar surface area (TPSA) is 58.6 Å². The van der Waals surface area contributed by atoms with E-state index in [-0.39, 0.29) is 11.9 Å². The second-order valence-electron chi connectivity index (χ2n) is 7.14. The first-order valence-electron chi connectivity index (χ1n) is 9.07. The molecule has 0 radical (unpaired) electrons. The fourth-order valence-electron chi connectivity index (χ4n) is 3.65. The number of hydrogen-bond acceptors (Lipinski definition) is 6. The highest BCUT2D eigenvalue weighted by atomic mass is 32.1. The van der Waals surface area contributed by atoms with Crippen LogP contribution in [0.15, 0.2) is 6.07 Å². The van der Waals surface area contributed by atoms with E-state index in [9.17, 15) is 4.79 Å². The van der Waals surface area contributed by atoms with Gasteiger partial charge in [0.1, 0.15) is 5.82 Å². The zero-order valence-corrected chi connectivity index (χ0v) is 16.5. The highest BCUT2D eigenvalue weighted by Gasteiger charge is 2.35. The smallest absolute Gasteiger partial charge is 0.258 e. The number of anilines is 1. The molecule has 0 aromatic carbocycles. The highest BCUT2D eigenvalue weighted by molar-refractivity contribution is 7.15. The lowest BCUT2D eigenvalue weighted by molar-refractivity contribution is 0.0730. The molecule has 0 aliphatic carbocycles. The van der Waals surface area contributed by atoms with Gasteiger partial charge in [-0.2, -0.15) is 0 Å². The molecule has 1 amide bonds. The summed E-state index contributed by atoms with van der Waals surface area (Å²) >= 11 is 1.66. The van der Waals surface area contributed by atoms with Crippen molar-refractivity contribution in [3.8, 4) is 10.6 Å². The number of aryl methyl sites for hydroxylation is 2. The maximum Gasteiger partial charge on any atom is 0.258 e. The van der Waals surface area contributed by atoms with E-state index < -0.39 is 0 Å². The van der Waals surface area contributed by atoms with Crippen LogP contribution in [0.25, 0.3) is 10.6 Å². The molecular formula is C19H24N4O2S. The van der Waals surface area contributed by atoms with Crippen LogP contribution in [0.1, 0.15) is 40.5 Å². The number of hydrogen-bond donors (Lipinski definition) is 0. The van der Waals surface area contributed by atoms with Gasteiger partial charge in [-0.25, -0.2) is 9.97 Å². The molecule has 1 saturated heterocycles. The Balaban J connectivity index is 1.86. The third-order valence-electron chi connectivity index (χ3n) is 4.97. The summed E-state index contributed by atoms with van der Waals surface area (Å²) in [4.78, 5) is 27.7. The van der Waals surface area contributed by atoms with Gasteiger partial charge in [-0.3, -0.25) is 4.79 Å². The van der Waals surface area contributed by atoms with Crippen LogP contribution < -0.4 is 4.90 Å². The molecule has 1 fully saturated rings.